The van der Waals surface area contributed by atoms with Gasteiger partial charge in [-0.25, -0.2) is 22.6 Å². The maximum absolute atomic E-state index is 14.2. The molecule has 3 heterocycles. The Morgan fingerprint density at radius 3 is 2.80 bits per heavy atom. The quantitative estimate of drug-likeness (QED) is 0.493. The Kier molecular flexibility index (Phi) is 5.32. The fraction of sp³-hybridized carbons (Fsp3) is 0.368. The number of nitrogens with zero attached hydrogens (tertiary/aromatic N) is 3. The van der Waals surface area contributed by atoms with Gasteiger partial charge in [0, 0.05) is 18.8 Å². The zero-order valence-corrected chi connectivity index (χ0v) is 17.4. The minimum atomic E-state index is -3.89. The monoisotopic (exact) mass is 453 g/mol. The Hall–Kier alpha value is -2.45. The van der Waals surface area contributed by atoms with Crippen molar-refractivity contribution in [3.63, 3.8) is 0 Å². The highest BCUT2D eigenvalue weighted by Crippen LogP contribution is 2.43. The number of hydrogen-bond acceptors (Lipinski definition) is 6. The van der Waals surface area contributed by atoms with Crippen LogP contribution in [0, 0.1) is 12.4 Å². The van der Waals surface area contributed by atoms with E-state index >= 15 is 0 Å². The molecule has 0 unspecified atom stereocenters. The van der Waals surface area contributed by atoms with Crippen LogP contribution in [0.25, 0.3) is 4.85 Å². The van der Waals surface area contributed by atoms with Crippen molar-refractivity contribution in [2.45, 2.75) is 23.7 Å². The fourth-order valence-electron chi connectivity index (χ4n) is 3.28. The summed E-state index contributed by atoms with van der Waals surface area (Å²) in [5.41, 5.74) is -1.01. The lowest BCUT2D eigenvalue weighted by molar-refractivity contribution is 0.130. The SMILES string of the molecule is [C-]#[N+]c1cc(OCC)c(O[C@H]2CN(S(=O)(=O)c3ccc(Cl)cn3)C[C@]23CO3)cc1F. The molecule has 0 amide bonds. The standard InChI is InChI=1S/C19H17ClFN3O5S/c1-3-27-15-7-14(22-2)13(21)6-16(15)29-17-9-24(10-19(17)11-28-19)30(25,26)18-5-4-12(20)8-23-18/h4-8,17H,3,9-11H2,1H3/t17-,19-/m0/s1. The number of epoxide rings is 1. The molecular weight excluding hydrogens is 437 g/mol. The molecule has 8 nitrogen and oxygen atoms in total. The molecule has 2 fully saturated rings. The minimum absolute atomic E-state index is 0.00953. The first-order chi connectivity index (χ1) is 14.3. The lowest BCUT2D eigenvalue weighted by Crippen LogP contribution is -2.33. The highest BCUT2D eigenvalue weighted by atomic mass is 35.5. The predicted octanol–water partition coefficient (Wildman–Crippen LogP) is 3.04. The summed E-state index contributed by atoms with van der Waals surface area (Å²) in [6.45, 7) is 9.47. The lowest BCUT2D eigenvalue weighted by atomic mass is 10.1. The van der Waals surface area contributed by atoms with Gasteiger partial charge in [-0.15, -0.1) is 0 Å². The third kappa shape index (κ3) is 3.70. The normalized spacial score (nSPS) is 23.3. The van der Waals surface area contributed by atoms with Gasteiger partial charge >= 0.3 is 0 Å². The molecular formula is C19H17ClFN3O5S. The second-order valence-electron chi connectivity index (χ2n) is 6.87. The van der Waals surface area contributed by atoms with Gasteiger partial charge in [0.15, 0.2) is 16.5 Å². The van der Waals surface area contributed by atoms with Gasteiger partial charge < -0.3 is 14.2 Å². The number of aromatic nitrogens is 1. The van der Waals surface area contributed by atoms with Crippen LogP contribution < -0.4 is 9.47 Å². The van der Waals surface area contributed by atoms with Gasteiger partial charge in [-0.3, -0.25) is 0 Å². The molecule has 1 aromatic heterocycles. The van der Waals surface area contributed by atoms with Crippen LogP contribution in [-0.2, 0) is 14.8 Å². The Morgan fingerprint density at radius 2 is 2.20 bits per heavy atom. The summed E-state index contributed by atoms with van der Waals surface area (Å²) in [6, 6.07) is 5.12. The van der Waals surface area contributed by atoms with E-state index in [1.165, 1.54) is 28.7 Å². The van der Waals surface area contributed by atoms with Crippen LogP contribution in [0.3, 0.4) is 0 Å². The third-order valence-electron chi connectivity index (χ3n) is 4.92. The molecule has 11 heteroatoms. The maximum atomic E-state index is 14.2. The van der Waals surface area contributed by atoms with Crippen LogP contribution in [0.1, 0.15) is 6.92 Å². The van der Waals surface area contributed by atoms with Crippen LogP contribution in [0.5, 0.6) is 11.5 Å². The number of ether oxygens (including phenoxy) is 3. The highest BCUT2D eigenvalue weighted by molar-refractivity contribution is 7.89. The van der Waals surface area contributed by atoms with Gasteiger partial charge in [0.2, 0.25) is 5.69 Å². The molecule has 0 aliphatic carbocycles. The number of halogens is 2. The van der Waals surface area contributed by atoms with Crippen molar-refractivity contribution in [3.05, 3.63) is 52.7 Å². The van der Waals surface area contributed by atoms with E-state index in [1.807, 2.05) is 0 Å². The molecule has 4 rings (SSSR count). The summed E-state index contributed by atoms with van der Waals surface area (Å²) in [4.78, 5) is 7.02. The molecule has 2 aliphatic heterocycles. The first kappa shape index (κ1) is 20.8. The van der Waals surface area contributed by atoms with Crippen LogP contribution in [0.4, 0.5) is 10.1 Å². The highest BCUT2D eigenvalue weighted by Gasteiger charge is 2.61. The summed E-state index contributed by atoms with van der Waals surface area (Å²) in [7, 11) is -3.89. The Balaban J connectivity index is 1.60. The van der Waals surface area contributed by atoms with Gasteiger partial charge in [-0.2, -0.15) is 4.31 Å². The molecule has 2 saturated heterocycles. The Bertz CT molecular complexity index is 1120. The van der Waals surface area contributed by atoms with E-state index in [4.69, 9.17) is 32.4 Å². The third-order valence-corrected chi connectivity index (χ3v) is 6.87. The van der Waals surface area contributed by atoms with E-state index in [2.05, 4.69) is 9.83 Å². The molecule has 1 aromatic carbocycles. The molecule has 30 heavy (non-hydrogen) atoms. The van der Waals surface area contributed by atoms with Crippen molar-refractivity contribution in [1.82, 2.24) is 9.29 Å². The molecule has 0 N–H and O–H groups in total. The molecule has 2 atom stereocenters. The molecule has 0 radical (unpaired) electrons. The number of pyridine rings is 1. The second kappa shape index (κ2) is 7.67. The fourth-order valence-corrected chi connectivity index (χ4v) is 4.81. The van der Waals surface area contributed by atoms with Crippen LogP contribution in [0.15, 0.2) is 35.5 Å². The molecule has 158 valence electrons. The molecule has 2 aliphatic rings. The van der Waals surface area contributed by atoms with Crippen molar-refractivity contribution in [1.29, 1.82) is 0 Å². The maximum Gasteiger partial charge on any atom is 0.260 e. The van der Waals surface area contributed by atoms with Gasteiger partial charge in [-0.05, 0) is 25.1 Å². The largest absolute Gasteiger partial charge is 0.491 e. The summed E-state index contributed by atoms with van der Waals surface area (Å²) in [5.74, 6) is -0.450. The van der Waals surface area contributed by atoms with E-state index in [9.17, 15) is 12.8 Å². The van der Waals surface area contributed by atoms with Crippen molar-refractivity contribution in [2.24, 2.45) is 0 Å². The van der Waals surface area contributed by atoms with Crippen molar-refractivity contribution < 1.29 is 27.0 Å². The molecule has 1 spiro atoms. The predicted molar refractivity (Wildman–Crippen MR) is 105 cm³/mol. The summed E-state index contributed by atoms with van der Waals surface area (Å²) >= 11 is 5.79. The smallest absolute Gasteiger partial charge is 0.260 e. The molecule has 0 saturated carbocycles. The molecule has 0 bridgehead atoms. The number of hydrogen-bond donors (Lipinski definition) is 0. The average Bonchev–Trinajstić information content (AvgIpc) is 3.40. The van der Waals surface area contributed by atoms with Crippen LogP contribution in [-0.4, -0.2) is 55.7 Å². The van der Waals surface area contributed by atoms with Crippen molar-refractivity contribution >= 4 is 27.3 Å². The van der Waals surface area contributed by atoms with Gasteiger partial charge in [0.05, 0.1) is 31.4 Å². The van der Waals surface area contributed by atoms with Crippen molar-refractivity contribution in [2.75, 3.05) is 26.3 Å². The zero-order valence-electron chi connectivity index (χ0n) is 15.8. The van der Waals surface area contributed by atoms with E-state index in [0.29, 0.717) is 11.6 Å². The number of rotatable bonds is 6. The van der Waals surface area contributed by atoms with Crippen LogP contribution >= 0.6 is 11.6 Å². The minimum Gasteiger partial charge on any atom is -0.491 e. The summed E-state index contributed by atoms with van der Waals surface area (Å²) in [6.07, 6.45) is 0.578. The Morgan fingerprint density at radius 1 is 1.43 bits per heavy atom. The average molecular weight is 454 g/mol. The topological polar surface area (TPSA) is 85.6 Å². The number of benzene rings is 1. The second-order valence-corrected chi connectivity index (χ2v) is 9.19. The summed E-state index contributed by atoms with van der Waals surface area (Å²) in [5, 5.41) is 0.192. The van der Waals surface area contributed by atoms with Crippen LogP contribution in [0.2, 0.25) is 5.02 Å². The summed E-state index contributed by atoms with van der Waals surface area (Å²) < 4.78 is 58.3. The van der Waals surface area contributed by atoms with E-state index in [0.717, 1.165) is 6.07 Å². The van der Waals surface area contributed by atoms with Gasteiger partial charge in [0.25, 0.3) is 10.0 Å². The number of sulfonamides is 1. The first-order valence-electron chi connectivity index (χ1n) is 9.05. The Labute approximate surface area is 178 Å². The van der Waals surface area contributed by atoms with E-state index < -0.39 is 27.5 Å². The molecule has 2 aromatic rings. The van der Waals surface area contributed by atoms with E-state index in [1.54, 1.807) is 6.92 Å². The first-order valence-corrected chi connectivity index (χ1v) is 10.9. The van der Waals surface area contributed by atoms with Crippen molar-refractivity contribution in [3.8, 4) is 11.5 Å². The zero-order chi connectivity index (χ0) is 21.5. The van der Waals surface area contributed by atoms with E-state index in [-0.39, 0.29) is 41.9 Å². The van der Waals surface area contributed by atoms with Gasteiger partial charge in [-0.1, -0.05) is 11.6 Å². The lowest BCUT2D eigenvalue weighted by Gasteiger charge is -2.20. The van der Waals surface area contributed by atoms with Gasteiger partial charge in [0.1, 0.15) is 17.5 Å².